The Labute approximate surface area is 122 Å². The molecular weight excluding hydrogens is 264 g/mol. The van der Waals surface area contributed by atoms with E-state index in [1.807, 2.05) is 6.92 Å². The van der Waals surface area contributed by atoms with Crippen molar-refractivity contribution in [2.24, 2.45) is 16.6 Å². The molecule has 0 aromatic carbocycles. The molecule has 2 atom stereocenters. The minimum Gasteiger partial charge on any atom is -0.469 e. The van der Waals surface area contributed by atoms with Crippen LogP contribution in [0.1, 0.15) is 58.3 Å². The number of esters is 1. The van der Waals surface area contributed by atoms with Crippen molar-refractivity contribution in [1.29, 1.82) is 0 Å². The summed E-state index contributed by atoms with van der Waals surface area (Å²) in [5, 5.41) is 0. The Morgan fingerprint density at radius 2 is 2.21 bits per heavy atom. The van der Waals surface area contributed by atoms with Crippen LogP contribution in [-0.2, 0) is 9.53 Å². The lowest BCUT2D eigenvalue weighted by Gasteiger charge is -2.12. The molecule has 0 fully saturated rings. The Balaban J connectivity index is 0.00000324. The van der Waals surface area contributed by atoms with Crippen LogP contribution in [0.5, 0.6) is 0 Å². The van der Waals surface area contributed by atoms with Crippen molar-refractivity contribution in [3.05, 3.63) is 0 Å². The second kappa shape index (κ2) is 10.1. The lowest BCUT2D eigenvalue weighted by atomic mass is 10.00. The van der Waals surface area contributed by atoms with Crippen molar-refractivity contribution in [2.45, 2.75) is 64.3 Å². The average Bonchev–Trinajstić information content (AvgIpc) is 2.57. The fourth-order valence-electron chi connectivity index (χ4n) is 2.41. The van der Waals surface area contributed by atoms with Crippen LogP contribution in [0.3, 0.4) is 0 Å². The van der Waals surface area contributed by atoms with Gasteiger partial charge < -0.3 is 10.5 Å². The van der Waals surface area contributed by atoms with Crippen molar-refractivity contribution >= 4 is 24.2 Å². The highest BCUT2D eigenvalue weighted by Gasteiger charge is 2.14. The first kappa shape index (κ1) is 18.2. The molecule has 0 spiro atoms. The first-order valence-electron chi connectivity index (χ1n) is 7.03. The Hall–Kier alpha value is -0.770. The maximum atomic E-state index is 11.2. The number of nitrogens with zero attached hydrogens (tertiary/aromatic N) is 1. The molecular formula is C14H27ClN2O2. The molecule has 0 aromatic heterocycles. The molecule has 0 saturated carbocycles. The van der Waals surface area contributed by atoms with E-state index in [9.17, 15) is 4.79 Å². The van der Waals surface area contributed by atoms with Gasteiger partial charge in [0.2, 0.25) is 0 Å². The molecule has 1 heterocycles. The number of hydrogen-bond acceptors (Lipinski definition) is 4. The van der Waals surface area contributed by atoms with Crippen LogP contribution in [0.4, 0.5) is 0 Å². The van der Waals surface area contributed by atoms with Gasteiger partial charge in [-0.05, 0) is 25.7 Å². The fraction of sp³-hybridized carbons (Fsp3) is 0.857. The number of halogens is 1. The summed E-state index contributed by atoms with van der Waals surface area (Å²) in [6.45, 7) is 1.92. The van der Waals surface area contributed by atoms with Gasteiger partial charge in [-0.25, -0.2) is 0 Å². The minimum absolute atomic E-state index is 0. The monoisotopic (exact) mass is 290 g/mol. The second-order valence-corrected chi connectivity index (χ2v) is 5.23. The van der Waals surface area contributed by atoms with E-state index in [1.165, 1.54) is 20.0 Å². The van der Waals surface area contributed by atoms with Gasteiger partial charge in [-0.2, -0.15) is 0 Å². The highest BCUT2D eigenvalue weighted by Crippen LogP contribution is 2.19. The van der Waals surface area contributed by atoms with Gasteiger partial charge in [0, 0.05) is 6.42 Å². The first-order valence-corrected chi connectivity index (χ1v) is 7.03. The van der Waals surface area contributed by atoms with Gasteiger partial charge in [0.05, 0.1) is 24.9 Å². The largest absolute Gasteiger partial charge is 0.469 e. The molecule has 0 bridgehead atoms. The van der Waals surface area contributed by atoms with Crippen molar-refractivity contribution in [3.8, 4) is 0 Å². The summed E-state index contributed by atoms with van der Waals surface area (Å²) in [5.74, 6) is 0.727. The van der Waals surface area contributed by atoms with E-state index in [2.05, 4.69) is 4.99 Å². The number of hydrogen-bond donors (Lipinski definition) is 1. The maximum absolute atomic E-state index is 11.2. The lowest BCUT2D eigenvalue weighted by Crippen LogP contribution is -2.14. The van der Waals surface area contributed by atoms with E-state index >= 15 is 0 Å². The third-order valence-electron chi connectivity index (χ3n) is 3.60. The van der Waals surface area contributed by atoms with Crippen molar-refractivity contribution < 1.29 is 9.53 Å². The van der Waals surface area contributed by atoms with Crippen LogP contribution in [0.15, 0.2) is 4.99 Å². The predicted molar refractivity (Wildman–Crippen MR) is 80.8 cm³/mol. The summed E-state index contributed by atoms with van der Waals surface area (Å²) in [6.07, 6.45) is 8.68. The predicted octanol–water partition coefficient (Wildman–Crippen LogP) is 3.08. The molecule has 4 nitrogen and oxygen atoms in total. The number of rotatable bonds is 6. The van der Waals surface area contributed by atoms with Crippen molar-refractivity contribution in [3.63, 3.8) is 0 Å². The molecule has 1 aliphatic rings. The van der Waals surface area contributed by atoms with Gasteiger partial charge in [0.15, 0.2) is 0 Å². The molecule has 1 aliphatic heterocycles. The first-order chi connectivity index (χ1) is 8.63. The number of carbonyl (C=O) groups is 1. The van der Waals surface area contributed by atoms with E-state index in [0.29, 0.717) is 6.04 Å². The Kier molecular flexibility index (Phi) is 9.66. The Morgan fingerprint density at radius 3 is 2.89 bits per heavy atom. The summed E-state index contributed by atoms with van der Waals surface area (Å²) in [7, 11) is 1.45. The van der Waals surface area contributed by atoms with Gasteiger partial charge in [-0.15, -0.1) is 12.4 Å². The molecule has 2 N–H and O–H groups in total. The molecule has 112 valence electrons. The summed E-state index contributed by atoms with van der Waals surface area (Å²) in [5.41, 5.74) is 5.82. The van der Waals surface area contributed by atoms with Crippen LogP contribution < -0.4 is 5.73 Å². The summed E-state index contributed by atoms with van der Waals surface area (Å²) >= 11 is 0. The van der Waals surface area contributed by atoms with E-state index in [0.717, 1.165) is 44.4 Å². The number of unbranched alkanes of at least 4 members (excludes halogenated alkanes) is 1. The Morgan fingerprint density at radius 1 is 1.47 bits per heavy atom. The van der Waals surface area contributed by atoms with Gasteiger partial charge in [0.1, 0.15) is 0 Å². The summed E-state index contributed by atoms with van der Waals surface area (Å²) in [4.78, 5) is 15.8. The Bertz CT molecular complexity index is 295. The van der Waals surface area contributed by atoms with Crippen LogP contribution in [0.2, 0.25) is 0 Å². The molecule has 0 aromatic rings. The van der Waals surface area contributed by atoms with Crippen LogP contribution in [0, 0.1) is 5.92 Å². The van der Waals surface area contributed by atoms with E-state index in [1.54, 1.807) is 0 Å². The van der Waals surface area contributed by atoms with Crippen molar-refractivity contribution in [2.75, 3.05) is 7.11 Å². The third-order valence-corrected chi connectivity index (χ3v) is 3.60. The van der Waals surface area contributed by atoms with E-state index in [4.69, 9.17) is 10.5 Å². The lowest BCUT2D eigenvalue weighted by molar-refractivity contribution is -0.145. The summed E-state index contributed by atoms with van der Waals surface area (Å²) < 4.78 is 4.71. The molecule has 0 unspecified atom stereocenters. The van der Waals surface area contributed by atoms with Crippen molar-refractivity contribution in [1.82, 2.24) is 0 Å². The molecule has 0 amide bonds. The number of ether oxygens (including phenoxy) is 1. The zero-order valence-electron chi connectivity index (χ0n) is 12.1. The van der Waals surface area contributed by atoms with Crippen LogP contribution >= 0.6 is 12.4 Å². The molecule has 0 radical (unpaired) electrons. The number of nitrogens with two attached hydrogens (primary N) is 1. The molecule has 0 saturated heterocycles. The number of methoxy groups -OCH3 is 1. The maximum Gasteiger partial charge on any atom is 0.308 e. The SMILES string of the molecule is COC(=O)[C@@H](C)CCCC[C@@H]1CCCCC(N)=N1.Cl. The smallest absolute Gasteiger partial charge is 0.308 e. The van der Waals surface area contributed by atoms with E-state index < -0.39 is 0 Å². The number of aliphatic imine (C=N–C) groups is 1. The minimum atomic E-state index is -0.105. The normalized spacial score (nSPS) is 20.7. The highest BCUT2D eigenvalue weighted by atomic mass is 35.5. The fourth-order valence-corrected chi connectivity index (χ4v) is 2.41. The second-order valence-electron chi connectivity index (χ2n) is 5.23. The van der Waals surface area contributed by atoms with Gasteiger partial charge in [0.25, 0.3) is 0 Å². The van der Waals surface area contributed by atoms with Crippen LogP contribution in [0.25, 0.3) is 0 Å². The quantitative estimate of drug-likeness (QED) is 0.604. The number of amidine groups is 1. The molecule has 5 heteroatoms. The topological polar surface area (TPSA) is 64.7 Å². The molecule has 19 heavy (non-hydrogen) atoms. The standard InChI is InChI=1S/C14H26N2O2.ClH/c1-11(14(17)18-2)7-3-4-8-12-9-5-6-10-13(15)16-12;/h11-12H,3-10H2,1-2H3,(H2,15,16);1H/t11-,12+;/m0./s1. The zero-order chi connectivity index (χ0) is 13.4. The highest BCUT2D eigenvalue weighted by molar-refractivity contribution is 5.85. The molecule has 1 rings (SSSR count). The van der Waals surface area contributed by atoms with Gasteiger partial charge in [-0.3, -0.25) is 9.79 Å². The summed E-state index contributed by atoms with van der Waals surface area (Å²) in [6, 6.07) is 0.404. The average molecular weight is 291 g/mol. The van der Waals surface area contributed by atoms with Gasteiger partial charge >= 0.3 is 5.97 Å². The third kappa shape index (κ3) is 7.41. The number of carbonyl (C=O) groups excluding carboxylic acids is 1. The van der Waals surface area contributed by atoms with E-state index in [-0.39, 0.29) is 24.3 Å². The van der Waals surface area contributed by atoms with Gasteiger partial charge in [-0.1, -0.05) is 26.2 Å². The molecule has 0 aliphatic carbocycles. The van der Waals surface area contributed by atoms with Crippen LogP contribution in [-0.4, -0.2) is 25.0 Å². The zero-order valence-corrected chi connectivity index (χ0v) is 12.9.